The van der Waals surface area contributed by atoms with Crippen molar-refractivity contribution in [1.29, 1.82) is 0 Å². The van der Waals surface area contributed by atoms with Gasteiger partial charge in [-0.2, -0.15) is 0 Å². The van der Waals surface area contributed by atoms with E-state index < -0.39 is 18.4 Å². The fourth-order valence-corrected chi connectivity index (χ4v) is 1.11. The van der Waals surface area contributed by atoms with Crippen LogP contribution in [0.4, 0.5) is 4.39 Å². The fourth-order valence-electron chi connectivity index (χ4n) is 0.946. The van der Waals surface area contributed by atoms with Gasteiger partial charge in [0.25, 0.3) is 0 Å². The molecule has 1 rings (SSSR count). The molecule has 68 valence electrons. The number of rotatable bonds is 2. The third-order valence-electron chi connectivity index (χ3n) is 1.55. The van der Waals surface area contributed by atoms with E-state index in [9.17, 15) is 9.18 Å². The topological polar surface area (TPSA) is 57.5 Å². The lowest BCUT2D eigenvalue weighted by Gasteiger charge is -2.05. The van der Waals surface area contributed by atoms with Gasteiger partial charge < -0.3 is 10.0 Å². The molecule has 0 aliphatic carbocycles. The zero-order chi connectivity index (χ0) is 10.0. The molecule has 0 saturated heterocycles. The maximum Gasteiger partial charge on any atom is 0.492 e. The van der Waals surface area contributed by atoms with E-state index in [0.717, 1.165) is 0 Å². The highest BCUT2D eigenvalue weighted by atomic mass is 35.5. The lowest BCUT2D eigenvalue weighted by Crippen LogP contribution is -2.36. The van der Waals surface area contributed by atoms with Crippen molar-refractivity contribution in [2.45, 2.75) is 0 Å². The largest absolute Gasteiger partial charge is 0.492 e. The number of hydrogen-bond acceptors (Lipinski definition) is 3. The van der Waals surface area contributed by atoms with E-state index in [-0.39, 0.29) is 10.6 Å². The van der Waals surface area contributed by atoms with Crippen LogP contribution in [-0.4, -0.2) is 23.5 Å². The van der Waals surface area contributed by atoms with Crippen LogP contribution in [0.1, 0.15) is 10.4 Å². The Kier molecular flexibility index (Phi) is 3.03. The maximum atomic E-state index is 13.1. The van der Waals surface area contributed by atoms with Gasteiger partial charge in [0, 0.05) is 11.0 Å². The van der Waals surface area contributed by atoms with Gasteiger partial charge in [0.1, 0.15) is 12.1 Å². The first-order valence-corrected chi connectivity index (χ1v) is 3.75. The maximum absolute atomic E-state index is 13.1. The summed E-state index contributed by atoms with van der Waals surface area (Å²) in [7, 11) is -2.04. The number of carbonyl (C=O) groups excluding carboxylic acids is 1. The molecular formula is C7H5BClFO3. The first-order valence-electron chi connectivity index (χ1n) is 3.37. The molecule has 1 aromatic carbocycles. The SMILES string of the molecule is O=Cc1ccc(Cl)c(F)c1B(O)O. The quantitative estimate of drug-likeness (QED) is 0.523. The molecule has 0 fully saturated rings. The van der Waals surface area contributed by atoms with Gasteiger partial charge in [0.15, 0.2) is 0 Å². The highest BCUT2D eigenvalue weighted by molar-refractivity contribution is 6.60. The van der Waals surface area contributed by atoms with Crippen LogP contribution in [0.3, 0.4) is 0 Å². The van der Waals surface area contributed by atoms with E-state index in [4.69, 9.17) is 21.6 Å². The van der Waals surface area contributed by atoms with Crippen LogP contribution >= 0.6 is 11.6 Å². The van der Waals surface area contributed by atoms with E-state index in [1.165, 1.54) is 12.1 Å². The molecule has 1 aromatic rings. The smallest absolute Gasteiger partial charge is 0.423 e. The molecular weight excluding hydrogens is 197 g/mol. The molecule has 0 unspecified atom stereocenters. The summed E-state index contributed by atoms with van der Waals surface area (Å²) in [5.41, 5.74) is -0.626. The van der Waals surface area contributed by atoms with E-state index in [0.29, 0.717) is 6.29 Å². The van der Waals surface area contributed by atoms with Crippen LogP contribution in [0.2, 0.25) is 5.02 Å². The molecule has 0 heterocycles. The molecule has 6 heteroatoms. The van der Waals surface area contributed by atoms with E-state index >= 15 is 0 Å². The Bertz CT molecular complexity index is 343. The summed E-state index contributed by atoms with van der Waals surface area (Å²) in [4.78, 5) is 10.4. The molecule has 0 radical (unpaired) electrons. The first-order chi connectivity index (χ1) is 6.07. The second-order valence-electron chi connectivity index (χ2n) is 2.36. The minimum absolute atomic E-state index is 0.128. The lowest BCUT2D eigenvalue weighted by molar-refractivity contribution is 0.112. The second kappa shape index (κ2) is 3.87. The standard InChI is InChI=1S/C7H5BClFO3/c9-5-2-1-4(3-11)6(7(5)10)8(12)13/h1-3,12-13H. The molecule has 3 nitrogen and oxygen atoms in total. The monoisotopic (exact) mass is 202 g/mol. The molecule has 0 saturated carbocycles. The fraction of sp³-hybridized carbons (Fsp3) is 0. The van der Waals surface area contributed by atoms with Crippen LogP contribution in [0.5, 0.6) is 0 Å². The van der Waals surface area contributed by atoms with Crippen molar-refractivity contribution in [1.82, 2.24) is 0 Å². The van der Waals surface area contributed by atoms with Crippen LogP contribution in [0.25, 0.3) is 0 Å². The highest BCUT2D eigenvalue weighted by Gasteiger charge is 2.22. The van der Waals surface area contributed by atoms with Crippen LogP contribution < -0.4 is 5.46 Å². The van der Waals surface area contributed by atoms with Crippen LogP contribution in [0.15, 0.2) is 12.1 Å². The normalized spacial score (nSPS) is 9.85. The van der Waals surface area contributed by atoms with Crippen molar-refractivity contribution in [3.63, 3.8) is 0 Å². The molecule has 0 aliphatic heterocycles. The van der Waals surface area contributed by atoms with Gasteiger partial charge in [0.2, 0.25) is 0 Å². The Hall–Kier alpha value is -0.905. The van der Waals surface area contributed by atoms with Gasteiger partial charge in [-0.1, -0.05) is 17.7 Å². The summed E-state index contributed by atoms with van der Waals surface area (Å²) in [6, 6.07) is 2.39. The zero-order valence-electron chi connectivity index (χ0n) is 6.37. The Morgan fingerprint density at radius 3 is 2.54 bits per heavy atom. The van der Waals surface area contributed by atoms with Crippen molar-refractivity contribution in [2.75, 3.05) is 0 Å². The Labute approximate surface area is 78.9 Å². The van der Waals surface area contributed by atoms with Gasteiger partial charge in [-0.05, 0) is 6.07 Å². The molecule has 0 bridgehead atoms. The van der Waals surface area contributed by atoms with Gasteiger partial charge in [-0.25, -0.2) is 4.39 Å². The Balaban J connectivity index is 3.41. The van der Waals surface area contributed by atoms with Crippen molar-refractivity contribution >= 4 is 30.5 Å². The molecule has 2 N–H and O–H groups in total. The summed E-state index contributed by atoms with van der Waals surface area (Å²) in [6.07, 6.45) is 0.328. The number of aldehydes is 1. The number of halogens is 2. The minimum atomic E-state index is -2.04. The summed E-state index contributed by atoms with van der Waals surface area (Å²) < 4.78 is 13.1. The number of hydrogen-bond donors (Lipinski definition) is 2. The minimum Gasteiger partial charge on any atom is -0.423 e. The summed E-state index contributed by atoms with van der Waals surface area (Å²) in [6.45, 7) is 0. The van der Waals surface area contributed by atoms with Gasteiger partial charge in [-0.3, -0.25) is 4.79 Å². The highest BCUT2D eigenvalue weighted by Crippen LogP contribution is 2.13. The predicted octanol–water partition coefficient (Wildman–Crippen LogP) is -0.0286. The van der Waals surface area contributed by atoms with Crippen molar-refractivity contribution in [3.05, 3.63) is 28.5 Å². The van der Waals surface area contributed by atoms with Crippen molar-refractivity contribution in [2.24, 2.45) is 0 Å². The summed E-state index contributed by atoms with van der Waals surface area (Å²) >= 11 is 5.37. The van der Waals surface area contributed by atoms with Crippen LogP contribution in [-0.2, 0) is 0 Å². The molecule has 0 spiro atoms. The second-order valence-corrected chi connectivity index (χ2v) is 2.76. The average molecular weight is 202 g/mol. The van der Waals surface area contributed by atoms with Gasteiger partial charge >= 0.3 is 7.12 Å². The molecule has 0 amide bonds. The summed E-state index contributed by atoms with van der Waals surface area (Å²) in [5, 5.41) is 17.2. The molecule has 0 atom stereocenters. The predicted molar refractivity (Wildman–Crippen MR) is 46.6 cm³/mol. The van der Waals surface area contributed by atoms with Gasteiger partial charge in [-0.15, -0.1) is 0 Å². The van der Waals surface area contributed by atoms with E-state index in [1.54, 1.807) is 0 Å². The third-order valence-corrected chi connectivity index (χ3v) is 1.84. The van der Waals surface area contributed by atoms with Gasteiger partial charge in [0.05, 0.1) is 5.02 Å². The third kappa shape index (κ3) is 1.88. The van der Waals surface area contributed by atoms with Crippen molar-refractivity contribution < 1.29 is 19.2 Å². The Morgan fingerprint density at radius 1 is 1.46 bits per heavy atom. The van der Waals surface area contributed by atoms with Crippen molar-refractivity contribution in [3.8, 4) is 0 Å². The summed E-state index contributed by atoms with van der Waals surface area (Å²) in [5.74, 6) is -0.985. The average Bonchev–Trinajstić information content (AvgIpc) is 2.08. The Morgan fingerprint density at radius 2 is 2.08 bits per heavy atom. The number of carbonyl (C=O) groups is 1. The first kappa shape index (κ1) is 10.2. The molecule has 0 aliphatic rings. The zero-order valence-corrected chi connectivity index (χ0v) is 7.12. The van der Waals surface area contributed by atoms with E-state index in [1.807, 2.05) is 0 Å². The molecule has 0 aromatic heterocycles. The lowest BCUT2D eigenvalue weighted by atomic mass is 9.77. The van der Waals surface area contributed by atoms with Crippen LogP contribution in [0, 0.1) is 5.82 Å². The van der Waals surface area contributed by atoms with E-state index in [2.05, 4.69) is 0 Å². The number of benzene rings is 1. The molecule has 13 heavy (non-hydrogen) atoms.